The average Bonchev–Trinajstić information content (AvgIpc) is 2.78. The SMILES string of the molecule is CCCCCC/C=C/O[C@@H]1CO[C@@H]([C@@H](O)CO)[C@H]1O. The van der Waals surface area contributed by atoms with Crippen LogP contribution in [0.2, 0.25) is 0 Å². The first kappa shape index (κ1) is 16.4. The van der Waals surface area contributed by atoms with Crippen molar-refractivity contribution in [1.82, 2.24) is 0 Å². The highest BCUT2D eigenvalue weighted by Gasteiger charge is 2.40. The molecule has 1 aliphatic heterocycles. The van der Waals surface area contributed by atoms with Crippen molar-refractivity contribution in [3.8, 4) is 0 Å². The van der Waals surface area contributed by atoms with Crippen molar-refractivity contribution in [3.63, 3.8) is 0 Å². The summed E-state index contributed by atoms with van der Waals surface area (Å²) in [7, 11) is 0. The van der Waals surface area contributed by atoms with Gasteiger partial charge in [-0.25, -0.2) is 0 Å². The molecular weight excluding hydrogens is 248 g/mol. The van der Waals surface area contributed by atoms with Crippen molar-refractivity contribution < 1.29 is 24.8 Å². The summed E-state index contributed by atoms with van der Waals surface area (Å²) in [6.45, 7) is 1.97. The monoisotopic (exact) mass is 274 g/mol. The van der Waals surface area contributed by atoms with Crippen LogP contribution >= 0.6 is 0 Å². The Hall–Kier alpha value is -0.620. The van der Waals surface area contributed by atoms with E-state index in [-0.39, 0.29) is 6.61 Å². The van der Waals surface area contributed by atoms with Crippen molar-refractivity contribution in [1.29, 1.82) is 0 Å². The van der Waals surface area contributed by atoms with Crippen LogP contribution in [0.4, 0.5) is 0 Å². The number of hydrogen-bond donors (Lipinski definition) is 3. The summed E-state index contributed by atoms with van der Waals surface area (Å²) in [5.41, 5.74) is 0. The lowest BCUT2D eigenvalue weighted by Crippen LogP contribution is -2.40. The Labute approximate surface area is 114 Å². The smallest absolute Gasteiger partial charge is 0.149 e. The Bertz CT molecular complexity index is 256. The lowest BCUT2D eigenvalue weighted by molar-refractivity contribution is -0.0689. The van der Waals surface area contributed by atoms with Crippen molar-refractivity contribution in [2.24, 2.45) is 0 Å². The molecular formula is C14H26O5. The van der Waals surface area contributed by atoms with Crippen LogP contribution in [0.5, 0.6) is 0 Å². The van der Waals surface area contributed by atoms with Gasteiger partial charge in [-0.3, -0.25) is 0 Å². The minimum Gasteiger partial charge on any atom is -0.493 e. The van der Waals surface area contributed by atoms with E-state index < -0.39 is 31.0 Å². The van der Waals surface area contributed by atoms with Crippen LogP contribution < -0.4 is 0 Å². The van der Waals surface area contributed by atoms with Crippen LogP contribution in [-0.4, -0.2) is 52.9 Å². The van der Waals surface area contributed by atoms with Crippen LogP contribution in [0.3, 0.4) is 0 Å². The van der Waals surface area contributed by atoms with Crippen molar-refractivity contribution >= 4 is 0 Å². The number of ether oxygens (including phenoxy) is 2. The van der Waals surface area contributed by atoms with E-state index in [9.17, 15) is 10.2 Å². The first-order valence-corrected chi connectivity index (χ1v) is 7.09. The minimum absolute atomic E-state index is 0.225. The molecule has 1 fully saturated rings. The van der Waals surface area contributed by atoms with E-state index in [2.05, 4.69) is 6.92 Å². The van der Waals surface area contributed by atoms with Gasteiger partial charge in [-0.15, -0.1) is 0 Å². The van der Waals surface area contributed by atoms with Crippen LogP contribution in [0.1, 0.15) is 39.0 Å². The number of allylic oxidation sites excluding steroid dienone is 1. The molecule has 0 aliphatic carbocycles. The summed E-state index contributed by atoms with van der Waals surface area (Å²) < 4.78 is 10.6. The Morgan fingerprint density at radius 3 is 2.84 bits per heavy atom. The van der Waals surface area contributed by atoms with Crippen LogP contribution in [-0.2, 0) is 9.47 Å². The first-order chi connectivity index (χ1) is 9.20. The van der Waals surface area contributed by atoms with Gasteiger partial charge in [0.15, 0.2) is 0 Å². The van der Waals surface area contributed by atoms with E-state index in [1.807, 2.05) is 6.08 Å². The highest BCUT2D eigenvalue weighted by molar-refractivity contribution is 4.90. The summed E-state index contributed by atoms with van der Waals surface area (Å²) in [6, 6.07) is 0. The maximum absolute atomic E-state index is 9.87. The molecule has 0 unspecified atom stereocenters. The fraction of sp³-hybridized carbons (Fsp3) is 0.857. The van der Waals surface area contributed by atoms with Gasteiger partial charge in [0.25, 0.3) is 0 Å². The molecule has 1 heterocycles. The Morgan fingerprint density at radius 2 is 2.16 bits per heavy atom. The van der Waals surface area contributed by atoms with Gasteiger partial charge in [-0.2, -0.15) is 0 Å². The summed E-state index contributed by atoms with van der Waals surface area (Å²) >= 11 is 0. The number of rotatable bonds is 9. The molecule has 112 valence electrons. The Morgan fingerprint density at radius 1 is 1.37 bits per heavy atom. The van der Waals surface area contributed by atoms with Gasteiger partial charge in [-0.05, 0) is 18.9 Å². The van der Waals surface area contributed by atoms with Gasteiger partial charge in [-0.1, -0.05) is 26.2 Å². The minimum atomic E-state index is -1.07. The zero-order valence-electron chi connectivity index (χ0n) is 11.6. The molecule has 1 rings (SSSR count). The van der Waals surface area contributed by atoms with Crippen molar-refractivity contribution in [2.75, 3.05) is 13.2 Å². The molecule has 0 aromatic carbocycles. The highest BCUT2D eigenvalue weighted by Crippen LogP contribution is 2.20. The van der Waals surface area contributed by atoms with Crippen LogP contribution in [0, 0.1) is 0 Å². The van der Waals surface area contributed by atoms with Crippen molar-refractivity contribution in [2.45, 2.75) is 63.4 Å². The van der Waals surface area contributed by atoms with E-state index in [0.717, 1.165) is 12.8 Å². The van der Waals surface area contributed by atoms with E-state index in [4.69, 9.17) is 14.6 Å². The van der Waals surface area contributed by atoms with Gasteiger partial charge < -0.3 is 24.8 Å². The van der Waals surface area contributed by atoms with E-state index in [1.165, 1.54) is 19.3 Å². The summed E-state index contributed by atoms with van der Waals surface area (Å²) in [4.78, 5) is 0. The molecule has 0 spiro atoms. The normalized spacial score (nSPS) is 28.9. The third-order valence-corrected chi connectivity index (χ3v) is 3.31. The van der Waals surface area contributed by atoms with Crippen LogP contribution in [0.25, 0.3) is 0 Å². The molecule has 5 heteroatoms. The summed E-state index contributed by atoms with van der Waals surface area (Å²) in [5, 5.41) is 28.1. The summed E-state index contributed by atoms with van der Waals surface area (Å²) in [6.07, 6.45) is 6.12. The molecule has 1 aliphatic rings. The molecule has 5 nitrogen and oxygen atoms in total. The quantitative estimate of drug-likeness (QED) is 0.431. The molecule has 1 saturated heterocycles. The molecule has 0 aromatic heterocycles. The number of unbranched alkanes of at least 4 members (excludes halogenated alkanes) is 4. The van der Waals surface area contributed by atoms with Gasteiger partial charge in [0.2, 0.25) is 0 Å². The standard InChI is InChI=1S/C14H26O5/c1-2-3-4-5-6-7-8-18-12-10-19-14(13(12)17)11(16)9-15/h7-8,11-17H,2-6,9-10H2,1H3/b8-7+/t11-,12+,13-,14-/m0/s1. The van der Waals surface area contributed by atoms with E-state index in [1.54, 1.807) is 6.26 Å². The predicted octanol–water partition coefficient (Wildman–Crippen LogP) is 0.969. The highest BCUT2D eigenvalue weighted by atomic mass is 16.6. The largest absolute Gasteiger partial charge is 0.493 e. The van der Waals surface area contributed by atoms with Gasteiger partial charge in [0, 0.05) is 0 Å². The zero-order valence-corrected chi connectivity index (χ0v) is 11.6. The molecule has 3 N–H and O–H groups in total. The maximum Gasteiger partial charge on any atom is 0.149 e. The number of hydrogen-bond acceptors (Lipinski definition) is 5. The Kier molecular flexibility index (Phi) is 8.05. The lowest BCUT2D eigenvalue weighted by Gasteiger charge is -2.20. The molecule has 0 radical (unpaired) electrons. The topological polar surface area (TPSA) is 79.2 Å². The third-order valence-electron chi connectivity index (χ3n) is 3.31. The molecule has 0 bridgehead atoms. The molecule has 0 saturated carbocycles. The second-order valence-corrected chi connectivity index (χ2v) is 4.93. The van der Waals surface area contributed by atoms with Gasteiger partial charge >= 0.3 is 0 Å². The molecule has 4 atom stereocenters. The second-order valence-electron chi connectivity index (χ2n) is 4.93. The predicted molar refractivity (Wildman–Crippen MR) is 71.6 cm³/mol. The van der Waals surface area contributed by atoms with Gasteiger partial charge in [0.05, 0.1) is 19.5 Å². The van der Waals surface area contributed by atoms with Crippen LogP contribution in [0.15, 0.2) is 12.3 Å². The second kappa shape index (κ2) is 9.31. The Balaban J connectivity index is 2.18. The maximum atomic E-state index is 9.87. The lowest BCUT2D eigenvalue weighted by atomic mass is 10.1. The third kappa shape index (κ3) is 5.48. The van der Waals surface area contributed by atoms with E-state index in [0.29, 0.717) is 0 Å². The molecule has 19 heavy (non-hydrogen) atoms. The molecule has 0 aromatic rings. The van der Waals surface area contributed by atoms with Crippen molar-refractivity contribution in [3.05, 3.63) is 12.3 Å². The zero-order chi connectivity index (χ0) is 14.1. The average molecular weight is 274 g/mol. The fourth-order valence-corrected chi connectivity index (χ4v) is 2.09. The fourth-order valence-electron chi connectivity index (χ4n) is 2.09. The van der Waals surface area contributed by atoms with E-state index >= 15 is 0 Å². The number of aliphatic hydroxyl groups is 3. The first-order valence-electron chi connectivity index (χ1n) is 7.09. The number of aliphatic hydroxyl groups excluding tert-OH is 3. The molecule has 0 amide bonds. The van der Waals surface area contributed by atoms with Gasteiger partial charge in [0.1, 0.15) is 24.4 Å². The summed E-state index contributed by atoms with van der Waals surface area (Å²) in [5.74, 6) is 0.